The standard InChI is InChI=1S/C13H21NO2S/c1-9-7-13(16-3)10(8-12(9)15-2)11(14)5-6-17-4/h7-8,11H,5-6,14H2,1-4H3. The molecule has 1 aromatic rings. The number of rotatable bonds is 6. The molecule has 0 radical (unpaired) electrons. The average molecular weight is 255 g/mol. The van der Waals surface area contributed by atoms with E-state index in [2.05, 4.69) is 6.26 Å². The number of hydrogen-bond donors (Lipinski definition) is 1. The molecule has 0 bridgehead atoms. The third kappa shape index (κ3) is 3.54. The van der Waals surface area contributed by atoms with Crippen molar-refractivity contribution < 1.29 is 9.47 Å². The zero-order chi connectivity index (χ0) is 12.8. The van der Waals surface area contributed by atoms with Crippen molar-refractivity contribution in [2.45, 2.75) is 19.4 Å². The first kappa shape index (κ1) is 14.2. The van der Waals surface area contributed by atoms with Crippen molar-refractivity contribution in [3.05, 3.63) is 23.3 Å². The fourth-order valence-electron chi connectivity index (χ4n) is 1.76. The minimum Gasteiger partial charge on any atom is -0.496 e. The Morgan fingerprint density at radius 1 is 1.24 bits per heavy atom. The van der Waals surface area contributed by atoms with Crippen LogP contribution in [-0.2, 0) is 0 Å². The van der Waals surface area contributed by atoms with Gasteiger partial charge in [-0.15, -0.1) is 0 Å². The van der Waals surface area contributed by atoms with Crippen LogP contribution >= 0.6 is 11.8 Å². The highest BCUT2D eigenvalue weighted by molar-refractivity contribution is 7.98. The van der Waals surface area contributed by atoms with Gasteiger partial charge in [-0.2, -0.15) is 11.8 Å². The normalized spacial score (nSPS) is 12.3. The highest BCUT2D eigenvalue weighted by Gasteiger charge is 2.14. The summed E-state index contributed by atoms with van der Waals surface area (Å²) in [4.78, 5) is 0. The predicted octanol–water partition coefficient (Wildman–Crippen LogP) is 2.77. The van der Waals surface area contributed by atoms with Gasteiger partial charge in [-0.05, 0) is 43.0 Å². The van der Waals surface area contributed by atoms with E-state index in [-0.39, 0.29) is 6.04 Å². The van der Waals surface area contributed by atoms with Gasteiger partial charge < -0.3 is 15.2 Å². The molecule has 0 saturated carbocycles. The van der Waals surface area contributed by atoms with E-state index < -0.39 is 0 Å². The molecule has 0 fully saturated rings. The molecule has 0 aliphatic heterocycles. The van der Waals surface area contributed by atoms with Gasteiger partial charge in [0.05, 0.1) is 14.2 Å². The van der Waals surface area contributed by atoms with E-state index in [1.807, 2.05) is 19.1 Å². The lowest BCUT2D eigenvalue weighted by atomic mass is 10.0. The lowest BCUT2D eigenvalue weighted by Gasteiger charge is -2.17. The monoisotopic (exact) mass is 255 g/mol. The van der Waals surface area contributed by atoms with Gasteiger partial charge in [0.2, 0.25) is 0 Å². The van der Waals surface area contributed by atoms with E-state index >= 15 is 0 Å². The number of methoxy groups -OCH3 is 2. The second-order valence-electron chi connectivity index (χ2n) is 3.95. The summed E-state index contributed by atoms with van der Waals surface area (Å²) in [5.41, 5.74) is 8.26. The fraction of sp³-hybridized carbons (Fsp3) is 0.538. The van der Waals surface area contributed by atoms with Crippen LogP contribution in [0.2, 0.25) is 0 Å². The molecule has 1 unspecified atom stereocenters. The highest BCUT2D eigenvalue weighted by atomic mass is 32.2. The van der Waals surface area contributed by atoms with Gasteiger partial charge >= 0.3 is 0 Å². The number of aryl methyl sites for hydroxylation is 1. The van der Waals surface area contributed by atoms with Crippen molar-refractivity contribution in [1.29, 1.82) is 0 Å². The van der Waals surface area contributed by atoms with Crippen LogP contribution in [0.1, 0.15) is 23.6 Å². The maximum atomic E-state index is 6.18. The van der Waals surface area contributed by atoms with Crippen molar-refractivity contribution in [3.8, 4) is 11.5 Å². The van der Waals surface area contributed by atoms with E-state index in [9.17, 15) is 0 Å². The summed E-state index contributed by atoms with van der Waals surface area (Å²) in [6.45, 7) is 2.00. The topological polar surface area (TPSA) is 44.5 Å². The van der Waals surface area contributed by atoms with Crippen LogP contribution in [0.3, 0.4) is 0 Å². The molecular formula is C13H21NO2S. The first-order valence-electron chi connectivity index (χ1n) is 5.61. The maximum Gasteiger partial charge on any atom is 0.124 e. The van der Waals surface area contributed by atoms with Crippen molar-refractivity contribution in [2.75, 3.05) is 26.2 Å². The number of benzene rings is 1. The Morgan fingerprint density at radius 3 is 2.41 bits per heavy atom. The average Bonchev–Trinajstić information content (AvgIpc) is 2.35. The molecule has 17 heavy (non-hydrogen) atoms. The van der Waals surface area contributed by atoms with Crippen molar-refractivity contribution in [2.24, 2.45) is 5.73 Å². The smallest absolute Gasteiger partial charge is 0.124 e. The van der Waals surface area contributed by atoms with E-state index in [1.165, 1.54) is 0 Å². The fourth-order valence-corrected chi connectivity index (χ4v) is 2.25. The highest BCUT2D eigenvalue weighted by Crippen LogP contribution is 2.32. The van der Waals surface area contributed by atoms with Gasteiger partial charge in [-0.1, -0.05) is 0 Å². The molecule has 0 aliphatic carbocycles. The van der Waals surface area contributed by atoms with Crippen LogP contribution in [-0.4, -0.2) is 26.2 Å². The quantitative estimate of drug-likeness (QED) is 0.849. The third-order valence-electron chi connectivity index (χ3n) is 2.78. The Hall–Kier alpha value is -0.870. The summed E-state index contributed by atoms with van der Waals surface area (Å²) in [7, 11) is 3.35. The van der Waals surface area contributed by atoms with Crippen LogP contribution in [0.25, 0.3) is 0 Å². The second-order valence-corrected chi connectivity index (χ2v) is 4.94. The van der Waals surface area contributed by atoms with Gasteiger partial charge in [-0.25, -0.2) is 0 Å². The third-order valence-corrected chi connectivity index (χ3v) is 3.42. The zero-order valence-corrected chi connectivity index (χ0v) is 11.8. The molecule has 0 saturated heterocycles. The van der Waals surface area contributed by atoms with Gasteiger partial charge in [0.1, 0.15) is 11.5 Å². The van der Waals surface area contributed by atoms with Crippen LogP contribution in [0, 0.1) is 6.92 Å². The Balaban J connectivity index is 3.02. The van der Waals surface area contributed by atoms with Gasteiger partial charge in [0, 0.05) is 11.6 Å². The molecule has 1 aromatic carbocycles. The summed E-state index contributed by atoms with van der Waals surface area (Å²) >= 11 is 1.80. The Kier molecular flexibility index (Phi) is 5.65. The number of thioether (sulfide) groups is 1. The Morgan fingerprint density at radius 2 is 1.88 bits per heavy atom. The molecule has 0 aromatic heterocycles. The molecule has 96 valence electrons. The molecule has 4 heteroatoms. The van der Waals surface area contributed by atoms with Crippen LogP contribution in [0.5, 0.6) is 11.5 Å². The maximum absolute atomic E-state index is 6.18. The van der Waals surface area contributed by atoms with Crippen molar-refractivity contribution >= 4 is 11.8 Å². The molecule has 0 amide bonds. The molecule has 0 aliphatic rings. The summed E-state index contributed by atoms with van der Waals surface area (Å²) in [5, 5.41) is 0. The van der Waals surface area contributed by atoms with Gasteiger partial charge in [0.25, 0.3) is 0 Å². The van der Waals surface area contributed by atoms with Crippen LogP contribution in [0.4, 0.5) is 0 Å². The summed E-state index contributed by atoms with van der Waals surface area (Å²) in [6, 6.07) is 3.96. The number of ether oxygens (including phenoxy) is 2. The van der Waals surface area contributed by atoms with Crippen LogP contribution < -0.4 is 15.2 Å². The van der Waals surface area contributed by atoms with E-state index in [0.717, 1.165) is 34.8 Å². The first-order valence-corrected chi connectivity index (χ1v) is 7.00. The summed E-state index contributed by atoms with van der Waals surface area (Å²) < 4.78 is 10.7. The van der Waals surface area contributed by atoms with Crippen molar-refractivity contribution in [3.63, 3.8) is 0 Å². The minimum absolute atomic E-state index is 0.00750. The summed E-state index contributed by atoms with van der Waals surface area (Å²) in [5.74, 6) is 2.75. The molecule has 1 rings (SSSR count). The van der Waals surface area contributed by atoms with Gasteiger partial charge in [0.15, 0.2) is 0 Å². The van der Waals surface area contributed by atoms with E-state index in [4.69, 9.17) is 15.2 Å². The van der Waals surface area contributed by atoms with Crippen molar-refractivity contribution in [1.82, 2.24) is 0 Å². The number of hydrogen-bond acceptors (Lipinski definition) is 4. The molecule has 0 spiro atoms. The second kappa shape index (κ2) is 6.77. The number of nitrogens with two attached hydrogens (primary N) is 1. The minimum atomic E-state index is -0.00750. The zero-order valence-electron chi connectivity index (χ0n) is 10.9. The predicted molar refractivity (Wildman–Crippen MR) is 74.2 cm³/mol. The van der Waals surface area contributed by atoms with E-state index in [0.29, 0.717) is 0 Å². The Labute approximate surface area is 108 Å². The van der Waals surface area contributed by atoms with Crippen LogP contribution in [0.15, 0.2) is 12.1 Å². The molecule has 1 atom stereocenters. The molecular weight excluding hydrogens is 234 g/mol. The lowest BCUT2D eigenvalue weighted by Crippen LogP contribution is -2.13. The SMILES string of the molecule is COc1cc(C(N)CCSC)c(OC)cc1C. The lowest BCUT2D eigenvalue weighted by molar-refractivity contribution is 0.392. The largest absolute Gasteiger partial charge is 0.496 e. The summed E-state index contributed by atoms with van der Waals surface area (Å²) in [6.07, 6.45) is 3.02. The first-order chi connectivity index (χ1) is 8.13. The Bertz CT molecular complexity index is 369. The van der Waals surface area contributed by atoms with E-state index in [1.54, 1.807) is 26.0 Å². The molecule has 0 heterocycles. The molecule has 3 nitrogen and oxygen atoms in total. The molecule has 2 N–H and O–H groups in total. The van der Waals surface area contributed by atoms with Gasteiger partial charge in [-0.3, -0.25) is 0 Å².